The molecule has 4 nitrogen and oxygen atoms in total. The minimum absolute atomic E-state index is 0.176. The molecule has 2 aromatic heterocycles. The highest BCUT2D eigenvalue weighted by atomic mass is 32.1. The number of hydrogen-bond acceptors (Lipinski definition) is 4. The summed E-state index contributed by atoms with van der Waals surface area (Å²) in [5.74, 6) is 0.176. The second-order valence-electron chi connectivity index (χ2n) is 6.94. The minimum atomic E-state index is 0.176. The standard InChI is InChI=1S/C21H19N3OS2/c25-21(19-13-15-5-1-3-7-17(15)26-19)24-11-9-23(10-12-24)14-20-22-16-6-2-4-8-18(16)27-20/h1-8,13H,9-12,14H2/p+1. The first-order chi connectivity index (χ1) is 13.3. The van der Waals surface area contributed by atoms with Gasteiger partial charge in [0.05, 0.1) is 41.3 Å². The number of rotatable bonds is 3. The highest BCUT2D eigenvalue weighted by molar-refractivity contribution is 7.20. The number of quaternary nitrogens is 1. The molecule has 0 unspecified atom stereocenters. The smallest absolute Gasteiger partial charge is 0.264 e. The number of fused-ring (bicyclic) bond motifs is 2. The summed E-state index contributed by atoms with van der Waals surface area (Å²) in [6.07, 6.45) is 0. The van der Waals surface area contributed by atoms with Crippen LogP contribution in [-0.4, -0.2) is 42.0 Å². The molecule has 136 valence electrons. The molecule has 1 amide bonds. The van der Waals surface area contributed by atoms with Crippen molar-refractivity contribution in [2.45, 2.75) is 6.54 Å². The monoisotopic (exact) mass is 394 g/mol. The number of amides is 1. The summed E-state index contributed by atoms with van der Waals surface area (Å²) in [6.45, 7) is 4.53. The summed E-state index contributed by atoms with van der Waals surface area (Å²) in [4.78, 5) is 22.0. The van der Waals surface area contributed by atoms with E-state index >= 15 is 0 Å². The van der Waals surface area contributed by atoms with Gasteiger partial charge >= 0.3 is 0 Å². The fraction of sp³-hybridized carbons (Fsp3) is 0.238. The SMILES string of the molecule is O=C(c1cc2ccccc2s1)N1CC[NH+](Cc2nc3ccccc3s2)CC1. The van der Waals surface area contributed by atoms with E-state index in [1.807, 2.05) is 29.2 Å². The molecule has 4 aromatic rings. The maximum Gasteiger partial charge on any atom is 0.264 e. The van der Waals surface area contributed by atoms with E-state index in [1.54, 1.807) is 22.7 Å². The van der Waals surface area contributed by atoms with Gasteiger partial charge in [0.2, 0.25) is 0 Å². The first-order valence-electron chi connectivity index (χ1n) is 9.22. The third kappa shape index (κ3) is 3.36. The van der Waals surface area contributed by atoms with Crippen molar-refractivity contribution >= 4 is 48.9 Å². The van der Waals surface area contributed by atoms with Crippen LogP contribution in [0.4, 0.5) is 0 Å². The Labute approximate surface area is 165 Å². The first-order valence-corrected chi connectivity index (χ1v) is 10.9. The summed E-state index contributed by atoms with van der Waals surface area (Å²) in [5, 5.41) is 2.35. The zero-order valence-electron chi connectivity index (χ0n) is 14.9. The maximum atomic E-state index is 12.9. The van der Waals surface area contributed by atoms with Crippen molar-refractivity contribution in [1.29, 1.82) is 0 Å². The summed E-state index contributed by atoms with van der Waals surface area (Å²) in [6, 6.07) is 18.5. The fourth-order valence-corrected chi connectivity index (χ4v) is 5.72. The van der Waals surface area contributed by atoms with Crippen LogP contribution in [-0.2, 0) is 6.54 Å². The Hall–Kier alpha value is -2.28. The zero-order chi connectivity index (χ0) is 18.2. The number of hydrogen-bond donors (Lipinski definition) is 1. The van der Waals surface area contributed by atoms with Crippen molar-refractivity contribution in [3.8, 4) is 0 Å². The number of nitrogens with zero attached hydrogens (tertiary/aromatic N) is 2. The third-order valence-electron chi connectivity index (χ3n) is 5.13. The van der Waals surface area contributed by atoms with Crippen molar-refractivity contribution in [2.24, 2.45) is 0 Å². The highest BCUT2D eigenvalue weighted by Crippen LogP contribution is 2.26. The maximum absolute atomic E-state index is 12.9. The Bertz CT molecular complexity index is 1040. The van der Waals surface area contributed by atoms with Crippen LogP contribution in [0.15, 0.2) is 54.6 Å². The number of nitrogens with one attached hydrogen (secondary N) is 1. The Balaban J connectivity index is 1.23. The number of para-hydroxylation sites is 1. The molecule has 1 N–H and O–H groups in total. The molecule has 1 aliphatic rings. The van der Waals surface area contributed by atoms with Crippen molar-refractivity contribution < 1.29 is 9.69 Å². The van der Waals surface area contributed by atoms with E-state index in [4.69, 9.17) is 4.98 Å². The number of carbonyl (C=O) groups is 1. The van der Waals surface area contributed by atoms with E-state index in [0.29, 0.717) is 0 Å². The average Bonchev–Trinajstić information content (AvgIpc) is 3.31. The molecule has 0 atom stereocenters. The van der Waals surface area contributed by atoms with Crippen molar-refractivity contribution in [3.63, 3.8) is 0 Å². The van der Waals surface area contributed by atoms with Gasteiger partial charge in [0.25, 0.3) is 5.91 Å². The van der Waals surface area contributed by atoms with Gasteiger partial charge in [-0.25, -0.2) is 4.98 Å². The Morgan fingerprint density at radius 1 is 1.00 bits per heavy atom. The molecule has 1 aliphatic heterocycles. The van der Waals surface area contributed by atoms with Crippen molar-refractivity contribution in [1.82, 2.24) is 9.88 Å². The summed E-state index contributed by atoms with van der Waals surface area (Å²) in [5.41, 5.74) is 1.09. The lowest BCUT2D eigenvalue weighted by molar-refractivity contribution is -0.917. The molecular weight excluding hydrogens is 374 g/mol. The van der Waals surface area contributed by atoms with Crippen LogP contribution in [0.5, 0.6) is 0 Å². The molecule has 0 saturated carbocycles. The van der Waals surface area contributed by atoms with E-state index in [2.05, 4.69) is 30.3 Å². The topological polar surface area (TPSA) is 37.6 Å². The molecule has 27 heavy (non-hydrogen) atoms. The number of aromatic nitrogens is 1. The molecular formula is C21H20N3OS2+. The summed E-state index contributed by atoms with van der Waals surface area (Å²) < 4.78 is 2.44. The quantitative estimate of drug-likeness (QED) is 0.580. The van der Waals surface area contributed by atoms with Crippen LogP contribution in [0, 0.1) is 0 Å². The lowest BCUT2D eigenvalue weighted by Crippen LogP contribution is -3.13. The van der Waals surface area contributed by atoms with E-state index < -0.39 is 0 Å². The van der Waals surface area contributed by atoms with Crippen molar-refractivity contribution in [3.05, 3.63) is 64.5 Å². The molecule has 0 bridgehead atoms. The van der Waals surface area contributed by atoms with E-state index in [0.717, 1.165) is 48.5 Å². The number of thiazole rings is 1. The van der Waals surface area contributed by atoms with Gasteiger partial charge in [-0.1, -0.05) is 30.3 Å². The van der Waals surface area contributed by atoms with Gasteiger partial charge < -0.3 is 9.80 Å². The van der Waals surface area contributed by atoms with Gasteiger partial charge in [-0.2, -0.15) is 0 Å². The second kappa shape index (κ2) is 7.03. The molecule has 2 aromatic carbocycles. The Kier molecular flexibility index (Phi) is 4.39. The molecule has 1 saturated heterocycles. The number of piperazine rings is 1. The van der Waals surface area contributed by atoms with Crippen LogP contribution >= 0.6 is 22.7 Å². The molecule has 0 aliphatic carbocycles. The van der Waals surface area contributed by atoms with E-state index in [-0.39, 0.29) is 5.91 Å². The van der Waals surface area contributed by atoms with E-state index in [1.165, 1.54) is 19.3 Å². The van der Waals surface area contributed by atoms with Gasteiger partial charge in [0, 0.05) is 4.70 Å². The lowest BCUT2D eigenvalue weighted by atomic mass is 10.2. The Morgan fingerprint density at radius 3 is 2.52 bits per heavy atom. The highest BCUT2D eigenvalue weighted by Gasteiger charge is 2.26. The molecule has 1 fully saturated rings. The normalized spacial score (nSPS) is 15.6. The van der Waals surface area contributed by atoms with Gasteiger partial charge in [0.15, 0.2) is 0 Å². The minimum Gasteiger partial charge on any atom is -0.327 e. The summed E-state index contributed by atoms with van der Waals surface area (Å²) >= 11 is 3.38. The number of benzene rings is 2. The Morgan fingerprint density at radius 2 is 1.74 bits per heavy atom. The molecule has 5 rings (SSSR count). The van der Waals surface area contributed by atoms with E-state index in [9.17, 15) is 4.79 Å². The van der Waals surface area contributed by atoms with Gasteiger partial charge in [-0.05, 0) is 29.7 Å². The molecule has 3 heterocycles. The largest absolute Gasteiger partial charge is 0.327 e. The van der Waals surface area contributed by atoms with Crippen LogP contribution in [0.3, 0.4) is 0 Å². The predicted molar refractivity (Wildman–Crippen MR) is 112 cm³/mol. The zero-order valence-corrected chi connectivity index (χ0v) is 16.5. The van der Waals surface area contributed by atoms with Gasteiger partial charge in [-0.15, -0.1) is 22.7 Å². The molecule has 0 radical (unpaired) electrons. The molecule has 0 spiro atoms. The molecule has 6 heteroatoms. The third-order valence-corrected chi connectivity index (χ3v) is 7.27. The van der Waals surface area contributed by atoms with Crippen molar-refractivity contribution in [2.75, 3.05) is 26.2 Å². The number of thiophene rings is 1. The van der Waals surface area contributed by atoms with Gasteiger partial charge in [-0.3, -0.25) is 4.79 Å². The van der Waals surface area contributed by atoms with Crippen LogP contribution in [0.2, 0.25) is 0 Å². The fourth-order valence-electron chi connectivity index (χ4n) is 3.66. The lowest BCUT2D eigenvalue weighted by Gasteiger charge is -2.31. The number of carbonyl (C=O) groups excluding carboxylic acids is 1. The first kappa shape index (κ1) is 16.9. The summed E-state index contributed by atoms with van der Waals surface area (Å²) in [7, 11) is 0. The average molecular weight is 395 g/mol. The second-order valence-corrected chi connectivity index (χ2v) is 9.14. The van der Waals surface area contributed by atoms with Crippen LogP contribution in [0.1, 0.15) is 14.7 Å². The predicted octanol–water partition coefficient (Wildman–Crippen LogP) is 3.05. The van der Waals surface area contributed by atoms with Crippen LogP contribution < -0.4 is 4.90 Å². The van der Waals surface area contributed by atoms with Crippen LogP contribution in [0.25, 0.3) is 20.3 Å². The van der Waals surface area contributed by atoms with Gasteiger partial charge in [0.1, 0.15) is 11.6 Å².